The van der Waals surface area contributed by atoms with Gasteiger partial charge in [-0.3, -0.25) is 4.79 Å². The van der Waals surface area contributed by atoms with E-state index in [0.29, 0.717) is 0 Å². The van der Waals surface area contributed by atoms with Crippen molar-refractivity contribution in [3.8, 4) is 0 Å². The van der Waals surface area contributed by atoms with Crippen LogP contribution in [0, 0.1) is 0 Å². The van der Waals surface area contributed by atoms with Gasteiger partial charge in [-0.15, -0.1) is 0 Å². The van der Waals surface area contributed by atoms with Crippen LogP contribution in [0.25, 0.3) is 0 Å². The zero-order valence-electron chi connectivity index (χ0n) is 6.14. The van der Waals surface area contributed by atoms with E-state index < -0.39 is 0 Å². The Hall–Kier alpha value is -0.0600. The molecule has 0 bridgehead atoms. The Morgan fingerprint density at radius 1 is 1.80 bits per heavy atom. The van der Waals surface area contributed by atoms with Gasteiger partial charge >= 0.3 is 0 Å². The minimum absolute atomic E-state index is 0.0270. The lowest BCUT2D eigenvalue weighted by Gasteiger charge is -2.16. The van der Waals surface area contributed by atoms with E-state index in [2.05, 4.69) is 29.2 Å². The summed E-state index contributed by atoms with van der Waals surface area (Å²) in [5.41, 5.74) is 0. The van der Waals surface area contributed by atoms with E-state index in [-0.39, 0.29) is 5.91 Å². The number of carbonyl (C=O) groups is 1. The molecule has 0 heterocycles. The second kappa shape index (κ2) is 5.70. The van der Waals surface area contributed by atoms with E-state index in [0.717, 1.165) is 17.5 Å². The van der Waals surface area contributed by atoms with Gasteiger partial charge in [-0.05, 0) is 13.0 Å². The third kappa shape index (κ3) is 3.20. The Morgan fingerprint density at radius 2 is 2.40 bits per heavy atom. The molecule has 0 rings (SSSR count). The Labute approximate surface area is 75.4 Å². The third-order valence-corrected chi connectivity index (χ3v) is 1.70. The van der Waals surface area contributed by atoms with Crippen LogP contribution in [0.5, 0.6) is 0 Å². The number of rotatable bonds is 4. The van der Waals surface area contributed by atoms with Crippen LogP contribution in [-0.4, -0.2) is 28.3 Å². The zero-order valence-corrected chi connectivity index (χ0v) is 8.30. The van der Waals surface area contributed by atoms with Crippen LogP contribution < -0.4 is 0 Å². The smallest absolute Gasteiger partial charge is 0.245 e. The average Bonchev–Trinajstić information content (AvgIpc) is 1.99. The highest BCUT2D eigenvalue weighted by Crippen LogP contribution is 1.92. The van der Waals surface area contributed by atoms with Gasteiger partial charge in [-0.25, -0.2) is 0 Å². The van der Waals surface area contributed by atoms with Crippen molar-refractivity contribution in [3.05, 3.63) is 12.7 Å². The molecule has 0 unspecified atom stereocenters. The molecule has 2 nitrogen and oxygen atoms in total. The van der Waals surface area contributed by atoms with Crippen LogP contribution in [0.15, 0.2) is 12.7 Å². The minimum atomic E-state index is 0.0270. The molecule has 1 amide bonds. The molecule has 0 aliphatic carbocycles. The summed E-state index contributed by atoms with van der Waals surface area (Å²) in [7, 11) is 0. The molecule has 0 aliphatic heterocycles. The predicted molar refractivity (Wildman–Crippen MR) is 51.3 cm³/mol. The molecule has 0 spiro atoms. The molecule has 0 saturated carbocycles. The van der Waals surface area contributed by atoms with Crippen LogP contribution in [0.2, 0.25) is 0 Å². The summed E-state index contributed by atoms with van der Waals surface area (Å²) in [6.07, 6.45) is 1.36. The fourth-order valence-corrected chi connectivity index (χ4v) is 1.24. The monoisotopic (exact) mass is 253 g/mol. The molecule has 0 fully saturated rings. The summed E-state index contributed by atoms with van der Waals surface area (Å²) in [5.74, 6) is 0.0270. The van der Waals surface area contributed by atoms with Crippen molar-refractivity contribution in [1.29, 1.82) is 0 Å². The SMILES string of the molecule is C=CC(=O)N(CC)CCI. The van der Waals surface area contributed by atoms with Crippen LogP contribution in [0.1, 0.15) is 6.92 Å². The van der Waals surface area contributed by atoms with Crippen LogP contribution in [0.3, 0.4) is 0 Å². The maximum atomic E-state index is 10.9. The summed E-state index contributed by atoms with van der Waals surface area (Å²) < 4.78 is 0.977. The van der Waals surface area contributed by atoms with Crippen molar-refractivity contribution in [3.63, 3.8) is 0 Å². The van der Waals surface area contributed by atoms with Crippen molar-refractivity contribution in [1.82, 2.24) is 4.90 Å². The number of nitrogens with zero attached hydrogens (tertiary/aromatic N) is 1. The van der Waals surface area contributed by atoms with Gasteiger partial charge < -0.3 is 4.90 Å². The van der Waals surface area contributed by atoms with E-state index in [1.165, 1.54) is 6.08 Å². The maximum absolute atomic E-state index is 10.9. The maximum Gasteiger partial charge on any atom is 0.245 e. The first-order valence-electron chi connectivity index (χ1n) is 3.23. The van der Waals surface area contributed by atoms with Gasteiger partial charge in [0.1, 0.15) is 0 Å². The molecule has 0 aromatic heterocycles. The van der Waals surface area contributed by atoms with Gasteiger partial charge in [0.05, 0.1) is 0 Å². The van der Waals surface area contributed by atoms with E-state index in [4.69, 9.17) is 0 Å². The largest absolute Gasteiger partial charge is 0.339 e. The number of amides is 1. The van der Waals surface area contributed by atoms with Gasteiger partial charge in [0.15, 0.2) is 0 Å². The van der Waals surface area contributed by atoms with Crippen LogP contribution in [-0.2, 0) is 4.79 Å². The first-order valence-corrected chi connectivity index (χ1v) is 4.76. The molecule has 0 N–H and O–H groups in total. The summed E-state index contributed by atoms with van der Waals surface area (Å²) in [6.45, 7) is 6.98. The highest BCUT2D eigenvalue weighted by molar-refractivity contribution is 14.1. The Balaban J connectivity index is 3.79. The summed E-state index contributed by atoms with van der Waals surface area (Å²) in [6, 6.07) is 0. The minimum Gasteiger partial charge on any atom is -0.339 e. The standard InChI is InChI=1S/C7H12INO/c1-3-7(10)9(4-2)6-5-8/h3H,1,4-6H2,2H3. The van der Waals surface area contributed by atoms with E-state index >= 15 is 0 Å². The van der Waals surface area contributed by atoms with Crippen molar-refractivity contribution >= 4 is 28.5 Å². The fraction of sp³-hybridized carbons (Fsp3) is 0.571. The Bertz CT molecular complexity index is 125. The number of hydrogen-bond donors (Lipinski definition) is 0. The molecule has 10 heavy (non-hydrogen) atoms. The summed E-state index contributed by atoms with van der Waals surface area (Å²) in [5, 5.41) is 0. The lowest BCUT2D eigenvalue weighted by Crippen LogP contribution is -2.30. The fourth-order valence-electron chi connectivity index (χ4n) is 0.655. The van der Waals surface area contributed by atoms with E-state index in [1.54, 1.807) is 4.90 Å². The van der Waals surface area contributed by atoms with Crippen LogP contribution >= 0.6 is 22.6 Å². The number of carbonyl (C=O) groups excluding carboxylic acids is 1. The highest BCUT2D eigenvalue weighted by Gasteiger charge is 2.04. The molecular formula is C7H12INO. The number of alkyl halides is 1. The summed E-state index contributed by atoms with van der Waals surface area (Å²) >= 11 is 2.25. The molecule has 0 saturated heterocycles. The van der Waals surface area contributed by atoms with E-state index in [1.807, 2.05) is 6.92 Å². The predicted octanol–water partition coefficient (Wildman–Crippen LogP) is 1.46. The highest BCUT2D eigenvalue weighted by atomic mass is 127. The van der Waals surface area contributed by atoms with E-state index in [9.17, 15) is 4.79 Å². The van der Waals surface area contributed by atoms with Crippen LogP contribution in [0.4, 0.5) is 0 Å². The molecular weight excluding hydrogens is 241 g/mol. The summed E-state index contributed by atoms with van der Waals surface area (Å²) in [4.78, 5) is 12.7. The van der Waals surface area contributed by atoms with Crippen molar-refractivity contribution in [2.45, 2.75) is 6.92 Å². The Morgan fingerprint density at radius 3 is 2.70 bits per heavy atom. The van der Waals surface area contributed by atoms with Gasteiger partial charge in [0.2, 0.25) is 5.91 Å². The third-order valence-electron chi connectivity index (χ3n) is 1.22. The first kappa shape index (κ1) is 9.94. The van der Waals surface area contributed by atoms with Gasteiger partial charge in [0, 0.05) is 17.5 Å². The molecule has 3 heteroatoms. The van der Waals surface area contributed by atoms with Gasteiger partial charge in [-0.2, -0.15) is 0 Å². The molecule has 0 atom stereocenters. The number of hydrogen-bond acceptors (Lipinski definition) is 1. The molecule has 0 aromatic carbocycles. The Kier molecular flexibility index (Phi) is 5.67. The molecule has 0 aliphatic rings. The first-order chi connectivity index (χ1) is 4.76. The van der Waals surface area contributed by atoms with Gasteiger partial charge in [-0.1, -0.05) is 29.2 Å². The second-order valence-electron chi connectivity index (χ2n) is 1.81. The molecule has 58 valence electrons. The number of likely N-dealkylation sites (N-methyl/N-ethyl adjacent to an activating group) is 1. The van der Waals surface area contributed by atoms with Gasteiger partial charge in [0.25, 0.3) is 0 Å². The lowest BCUT2D eigenvalue weighted by atomic mass is 10.4. The zero-order chi connectivity index (χ0) is 7.98. The van der Waals surface area contributed by atoms with Crippen molar-refractivity contribution < 1.29 is 4.79 Å². The molecule has 0 radical (unpaired) electrons. The quantitative estimate of drug-likeness (QED) is 0.422. The normalized spacial score (nSPS) is 9.00. The lowest BCUT2D eigenvalue weighted by molar-refractivity contribution is -0.125. The topological polar surface area (TPSA) is 20.3 Å². The number of halogens is 1. The van der Waals surface area contributed by atoms with Crippen molar-refractivity contribution in [2.24, 2.45) is 0 Å². The average molecular weight is 253 g/mol. The van der Waals surface area contributed by atoms with Crippen molar-refractivity contribution in [2.75, 3.05) is 17.5 Å². The second-order valence-corrected chi connectivity index (χ2v) is 2.89. The molecule has 0 aromatic rings.